The monoisotopic (exact) mass is 525 g/mol. The van der Waals surface area contributed by atoms with E-state index in [1.54, 1.807) is 11.1 Å². The standard InChI is InChI=1S/C40H31N/c1-2-14-31(15-3-1)41(40-27-30-13-5-7-17-34(30)36-19-10-11-21-38(36)40)32-24-22-28(23-25-32)39-26-29-12-4-6-16-33(29)35-18-8-9-20-37(35)39/h1-5,7,9-15,17,19-27H,6,8,16,18H2. The first-order chi connectivity index (χ1) is 20.3. The van der Waals surface area contributed by atoms with Crippen LogP contribution in [0.5, 0.6) is 0 Å². The van der Waals surface area contributed by atoms with Crippen LogP contribution in [0.15, 0.2) is 127 Å². The average molecular weight is 526 g/mol. The van der Waals surface area contributed by atoms with Crippen molar-refractivity contribution in [2.45, 2.75) is 25.7 Å². The van der Waals surface area contributed by atoms with E-state index in [4.69, 9.17) is 0 Å². The fourth-order valence-corrected chi connectivity index (χ4v) is 6.86. The summed E-state index contributed by atoms with van der Waals surface area (Å²) in [7, 11) is 0. The number of nitrogens with zero attached hydrogens (tertiary/aromatic N) is 1. The quantitative estimate of drug-likeness (QED) is 0.207. The normalized spacial score (nSPS) is 13.8. The fraction of sp³-hybridized carbons (Fsp3) is 0.100. The fourth-order valence-electron chi connectivity index (χ4n) is 6.86. The highest BCUT2D eigenvalue weighted by Crippen LogP contribution is 2.43. The predicted octanol–water partition coefficient (Wildman–Crippen LogP) is 11.0. The van der Waals surface area contributed by atoms with Crippen molar-refractivity contribution in [2.75, 3.05) is 4.90 Å². The summed E-state index contributed by atoms with van der Waals surface area (Å²) in [5.74, 6) is 0. The molecule has 1 heteroatoms. The molecular weight excluding hydrogens is 494 g/mol. The molecule has 2 aliphatic carbocycles. The van der Waals surface area contributed by atoms with Gasteiger partial charge in [-0.3, -0.25) is 0 Å². The van der Waals surface area contributed by atoms with E-state index in [2.05, 4.69) is 144 Å². The molecule has 0 heterocycles. The number of hydrogen-bond acceptors (Lipinski definition) is 1. The third-order valence-corrected chi connectivity index (χ3v) is 8.77. The smallest absolute Gasteiger partial charge is 0.0546 e. The second kappa shape index (κ2) is 9.94. The SMILES string of the molecule is C1=Cc2cc(-c3ccc(N(c4ccccc4)c4cc5ccccc5c5ccccc45)cc3)c3c(c2CC1)CCC=C3. The summed E-state index contributed by atoms with van der Waals surface area (Å²) in [4.78, 5) is 2.41. The van der Waals surface area contributed by atoms with Crippen LogP contribution in [0.25, 0.3) is 44.8 Å². The van der Waals surface area contributed by atoms with E-state index in [1.807, 2.05) is 0 Å². The second-order valence-electron chi connectivity index (χ2n) is 11.1. The number of allylic oxidation sites excluding steroid dienone is 2. The van der Waals surface area contributed by atoms with E-state index in [9.17, 15) is 0 Å². The Morgan fingerprint density at radius 3 is 2.00 bits per heavy atom. The Morgan fingerprint density at radius 2 is 1.17 bits per heavy atom. The maximum Gasteiger partial charge on any atom is 0.0546 e. The molecule has 41 heavy (non-hydrogen) atoms. The molecule has 0 aliphatic heterocycles. The molecule has 0 bridgehead atoms. The third kappa shape index (κ3) is 4.08. The van der Waals surface area contributed by atoms with Crippen molar-refractivity contribution < 1.29 is 0 Å². The van der Waals surface area contributed by atoms with E-state index in [-0.39, 0.29) is 0 Å². The number of anilines is 3. The first kappa shape index (κ1) is 24.0. The molecule has 2 aliphatic rings. The number of hydrogen-bond donors (Lipinski definition) is 0. The van der Waals surface area contributed by atoms with Gasteiger partial charge in [0.25, 0.3) is 0 Å². The van der Waals surface area contributed by atoms with Crippen molar-refractivity contribution in [1.29, 1.82) is 0 Å². The minimum Gasteiger partial charge on any atom is -0.310 e. The van der Waals surface area contributed by atoms with Gasteiger partial charge in [-0.25, -0.2) is 0 Å². The molecular formula is C40H31N. The minimum absolute atomic E-state index is 1.14. The van der Waals surface area contributed by atoms with Crippen molar-refractivity contribution in [3.8, 4) is 11.1 Å². The first-order valence-electron chi connectivity index (χ1n) is 14.7. The summed E-state index contributed by atoms with van der Waals surface area (Å²) >= 11 is 0. The molecule has 0 saturated heterocycles. The van der Waals surface area contributed by atoms with Crippen LogP contribution >= 0.6 is 0 Å². The highest BCUT2D eigenvalue weighted by Gasteiger charge is 2.21. The maximum atomic E-state index is 2.42. The van der Waals surface area contributed by atoms with Crippen molar-refractivity contribution in [1.82, 2.24) is 0 Å². The Bertz CT molecular complexity index is 1980. The molecule has 0 aromatic heterocycles. The van der Waals surface area contributed by atoms with Crippen molar-refractivity contribution in [3.63, 3.8) is 0 Å². The summed E-state index contributed by atoms with van der Waals surface area (Å²) < 4.78 is 0. The number of rotatable bonds is 4. The Kier molecular flexibility index (Phi) is 5.81. The lowest BCUT2D eigenvalue weighted by Crippen LogP contribution is -2.10. The molecule has 0 N–H and O–H groups in total. The summed E-state index contributed by atoms with van der Waals surface area (Å²) in [5.41, 5.74) is 12.1. The Labute approximate surface area is 241 Å². The number of fused-ring (bicyclic) bond motifs is 6. The predicted molar refractivity (Wildman–Crippen MR) is 176 cm³/mol. The molecule has 0 radical (unpaired) electrons. The summed E-state index contributed by atoms with van der Waals surface area (Å²) in [6.07, 6.45) is 13.9. The molecule has 6 aromatic carbocycles. The van der Waals surface area contributed by atoms with Gasteiger partial charge in [0, 0.05) is 16.8 Å². The van der Waals surface area contributed by atoms with E-state index >= 15 is 0 Å². The highest BCUT2D eigenvalue weighted by atomic mass is 15.1. The van der Waals surface area contributed by atoms with Crippen molar-refractivity contribution in [3.05, 3.63) is 150 Å². The molecule has 1 nitrogen and oxygen atoms in total. The van der Waals surface area contributed by atoms with Crippen LogP contribution in [0.2, 0.25) is 0 Å². The molecule has 8 rings (SSSR count). The largest absolute Gasteiger partial charge is 0.310 e. The molecule has 196 valence electrons. The molecule has 0 amide bonds. The van der Waals surface area contributed by atoms with E-state index < -0.39 is 0 Å². The van der Waals surface area contributed by atoms with Crippen molar-refractivity contribution >= 4 is 50.8 Å². The molecule has 0 spiro atoms. The average Bonchev–Trinajstić information content (AvgIpc) is 3.05. The van der Waals surface area contributed by atoms with Crippen LogP contribution in [-0.4, -0.2) is 0 Å². The van der Waals surface area contributed by atoms with Gasteiger partial charge in [-0.05, 0) is 112 Å². The zero-order chi connectivity index (χ0) is 27.2. The van der Waals surface area contributed by atoms with Crippen LogP contribution in [0, 0.1) is 0 Å². The highest BCUT2D eigenvalue weighted by molar-refractivity contribution is 6.14. The zero-order valence-electron chi connectivity index (χ0n) is 23.1. The number of benzene rings is 6. The first-order valence-corrected chi connectivity index (χ1v) is 14.7. The lowest BCUT2D eigenvalue weighted by molar-refractivity contribution is 0.906. The van der Waals surface area contributed by atoms with E-state index in [0.717, 1.165) is 37.1 Å². The van der Waals surface area contributed by atoms with Gasteiger partial charge in [-0.1, -0.05) is 103 Å². The van der Waals surface area contributed by atoms with Gasteiger partial charge in [0.2, 0.25) is 0 Å². The summed E-state index contributed by atoms with van der Waals surface area (Å²) in [6.45, 7) is 0. The van der Waals surface area contributed by atoms with Gasteiger partial charge in [0.05, 0.1) is 5.69 Å². The van der Waals surface area contributed by atoms with E-state index in [0.29, 0.717) is 0 Å². The second-order valence-corrected chi connectivity index (χ2v) is 11.1. The van der Waals surface area contributed by atoms with Crippen LogP contribution in [-0.2, 0) is 12.8 Å². The van der Waals surface area contributed by atoms with Gasteiger partial charge < -0.3 is 4.90 Å². The lowest BCUT2D eigenvalue weighted by Gasteiger charge is -2.28. The molecule has 6 aromatic rings. The molecule has 0 atom stereocenters. The van der Waals surface area contributed by atoms with Crippen LogP contribution in [0.3, 0.4) is 0 Å². The maximum absolute atomic E-state index is 2.42. The molecule has 0 fully saturated rings. The molecule has 0 saturated carbocycles. The Hall–Kier alpha value is -4.88. The van der Waals surface area contributed by atoms with Crippen LogP contribution in [0.4, 0.5) is 17.1 Å². The third-order valence-electron chi connectivity index (χ3n) is 8.77. The summed E-state index contributed by atoms with van der Waals surface area (Å²) in [5, 5.41) is 5.06. The van der Waals surface area contributed by atoms with Crippen LogP contribution < -0.4 is 4.90 Å². The Morgan fingerprint density at radius 1 is 0.512 bits per heavy atom. The zero-order valence-corrected chi connectivity index (χ0v) is 23.1. The van der Waals surface area contributed by atoms with Gasteiger partial charge in [0.1, 0.15) is 0 Å². The van der Waals surface area contributed by atoms with Gasteiger partial charge in [0.15, 0.2) is 0 Å². The van der Waals surface area contributed by atoms with E-state index in [1.165, 1.54) is 49.5 Å². The topological polar surface area (TPSA) is 3.24 Å². The lowest BCUT2D eigenvalue weighted by atomic mass is 9.81. The number of para-hydroxylation sites is 1. The molecule has 0 unspecified atom stereocenters. The van der Waals surface area contributed by atoms with Crippen molar-refractivity contribution in [2.24, 2.45) is 0 Å². The summed E-state index contributed by atoms with van der Waals surface area (Å²) in [6, 6.07) is 42.2. The van der Waals surface area contributed by atoms with Gasteiger partial charge in [-0.15, -0.1) is 0 Å². The van der Waals surface area contributed by atoms with Gasteiger partial charge in [-0.2, -0.15) is 0 Å². The van der Waals surface area contributed by atoms with Gasteiger partial charge >= 0.3 is 0 Å². The Balaban J connectivity index is 1.30. The minimum atomic E-state index is 1.14. The van der Waals surface area contributed by atoms with Crippen LogP contribution in [0.1, 0.15) is 35.1 Å².